The molecular formula is C16H18BrClN2O. The van der Waals surface area contributed by atoms with Crippen molar-refractivity contribution in [1.29, 1.82) is 0 Å². The summed E-state index contributed by atoms with van der Waals surface area (Å²) in [4.78, 5) is 4.22. The highest BCUT2D eigenvalue weighted by atomic mass is 79.9. The van der Waals surface area contributed by atoms with E-state index >= 15 is 0 Å². The zero-order chi connectivity index (χ0) is 15.2. The fourth-order valence-electron chi connectivity index (χ4n) is 1.79. The van der Waals surface area contributed by atoms with Crippen LogP contribution in [0.1, 0.15) is 19.4 Å². The van der Waals surface area contributed by atoms with Gasteiger partial charge in [0.1, 0.15) is 5.75 Å². The molecule has 0 aliphatic carbocycles. The molecule has 0 aliphatic rings. The van der Waals surface area contributed by atoms with Crippen LogP contribution in [0, 0.1) is 5.92 Å². The number of ether oxygens (including phenoxy) is 1. The summed E-state index contributed by atoms with van der Waals surface area (Å²) in [5, 5.41) is 3.95. The first-order valence-corrected chi connectivity index (χ1v) is 8.00. The normalized spacial score (nSPS) is 10.9. The summed E-state index contributed by atoms with van der Waals surface area (Å²) in [6.45, 7) is 6.15. The first-order valence-electron chi connectivity index (χ1n) is 6.83. The van der Waals surface area contributed by atoms with E-state index in [4.69, 9.17) is 16.3 Å². The number of hydrogen-bond donors (Lipinski definition) is 1. The molecule has 0 saturated carbocycles. The number of nitrogens with zero attached hydrogens (tertiary/aromatic N) is 1. The zero-order valence-corrected chi connectivity index (χ0v) is 14.4. The van der Waals surface area contributed by atoms with Crippen molar-refractivity contribution in [3.8, 4) is 11.6 Å². The maximum absolute atomic E-state index is 6.14. The lowest BCUT2D eigenvalue weighted by Gasteiger charge is -2.10. The zero-order valence-electron chi connectivity index (χ0n) is 12.1. The smallest absolute Gasteiger partial charge is 0.219 e. The van der Waals surface area contributed by atoms with Gasteiger partial charge in [0.05, 0.1) is 5.02 Å². The Balaban J connectivity index is 2.03. The van der Waals surface area contributed by atoms with Crippen molar-refractivity contribution in [2.45, 2.75) is 20.4 Å². The van der Waals surface area contributed by atoms with Crippen LogP contribution in [-0.4, -0.2) is 11.5 Å². The van der Waals surface area contributed by atoms with Crippen LogP contribution in [0.4, 0.5) is 0 Å². The molecule has 0 radical (unpaired) electrons. The van der Waals surface area contributed by atoms with Crippen molar-refractivity contribution in [3.63, 3.8) is 0 Å². The number of pyridine rings is 1. The standard InChI is InChI=1S/C16H18BrClN2O/c1-11(2)9-19-10-12-5-6-20-16(7-12)21-15-4-3-13(17)8-14(15)18/h3-8,11,19H,9-10H2,1-2H3. The molecule has 1 aromatic heterocycles. The fraction of sp³-hybridized carbons (Fsp3) is 0.312. The van der Waals surface area contributed by atoms with Crippen LogP contribution in [0.5, 0.6) is 11.6 Å². The minimum absolute atomic E-state index is 0.545. The molecule has 0 spiro atoms. The topological polar surface area (TPSA) is 34.2 Å². The molecule has 3 nitrogen and oxygen atoms in total. The van der Waals surface area contributed by atoms with E-state index in [0.717, 1.165) is 23.1 Å². The first-order chi connectivity index (χ1) is 10.0. The van der Waals surface area contributed by atoms with E-state index in [-0.39, 0.29) is 0 Å². The van der Waals surface area contributed by atoms with E-state index in [1.807, 2.05) is 24.3 Å². The highest BCUT2D eigenvalue weighted by Crippen LogP contribution is 2.31. The highest BCUT2D eigenvalue weighted by molar-refractivity contribution is 9.10. The molecule has 0 unspecified atom stereocenters. The van der Waals surface area contributed by atoms with Crippen molar-refractivity contribution < 1.29 is 4.74 Å². The molecule has 2 aromatic rings. The van der Waals surface area contributed by atoms with Crippen LogP contribution in [0.15, 0.2) is 41.0 Å². The number of aromatic nitrogens is 1. The minimum atomic E-state index is 0.545. The molecule has 1 aromatic carbocycles. The summed E-state index contributed by atoms with van der Waals surface area (Å²) in [6.07, 6.45) is 1.74. The van der Waals surface area contributed by atoms with E-state index in [1.54, 1.807) is 12.3 Å². The lowest BCUT2D eigenvalue weighted by molar-refractivity contribution is 0.461. The molecule has 1 N–H and O–H groups in total. The van der Waals surface area contributed by atoms with E-state index in [0.29, 0.717) is 22.6 Å². The van der Waals surface area contributed by atoms with Gasteiger partial charge in [-0.1, -0.05) is 41.4 Å². The Hall–Kier alpha value is -1.10. The minimum Gasteiger partial charge on any atom is -0.437 e. The summed E-state index contributed by atoms with van der Waals surface area (Å²) in [6, 6.07) is 9.40. The van der Waals surface area contributed by atoms with Crippen LogP contribution in [0.3, 0.4) is 0 Å². The number of rotatable bonds is 6. The van der Waals surface area contributed by atoms with Crippen LogP contribution < -0.4 is 10.1 Å². The number of nitrogens with one attached hydrogen (secondary N) is 1. The van der Waals surface area contributed by atoms with Gasteiger partial charge in [-0.25, -0.2) is 4.98 Å². The summed E-state index contributed by atoms with van der Waals surface area (Å²) in [5.41, 5.74) is 1.13. The number of hydrogen-bond acceptors (Lipinski definition) is 3. The van der Waals surface area contributed by atoms with Crippen molar-refractivity contribution in [2.75, 3.05) is 6.54 Å². The molecule has 2 rings (SSSR count). The predicted octanol–water partition coefficient (Wildman–Crippen LogP) is 5.04. The molecule has 21 heavy (non-hydrogen) atoms. The number of halogens is 2. The van der Waals surface area contributed by atoms with Crippen molar-refractivity contribution in [2.24, 2.45) is 5.92 Å². The fourth-order valence-corrected chi connectivity index (χ4v) is 2.50. The molecule has 0 amide bonds. The maximum atomic E-state index is 6.14. The summed E-state index contributed by atoms with van der Waals surface area (Å²) in [7, 11) is 0. The Morgan fingerprint density at radius 1 is 1.29 bits per heavy atom. The first kappa shape index (κ1) is 16.3. The quantitative estimate of drug-likeness (QED) is 0.775. The van der Waals surface area contributed by atoms with Gasteiger partial charge >= 0.3 is 0 Å². The molecule has 112 valence electrons. The van der Waals surface area contributed by atoms with Gasteiger partial charge < -0.3 is 10.1 Å². The van der Waals surface area contributed by atoms with Gasteiger partial charge in [0.2, 0.25) is 5.88 Å². The average molecular weight is 370 g/mol. The Morgan fingerprint density at radius 2 is 2.10 bits per heavy atom. The average Bonchev–Trinajstić information content (AvgIpc) is 2.42. The van der Waals surface area contributed by atoms with Crippen LogP contribution in [-0.2, 0) is 6.54 Å². The molecule has 1 heterocycles. The molecule has 0 atom stereocenters. The van der Waals surface area contributed by atoms with Crippen molar-refractivity contribution >= 4 is 27.5 Å². The molecule has 5 heteroatoms. The van der Waals surface area contributed by atoms with Gasteiger partial charge in [0, 0.05) is 23.3 Å². The Bertz CT molecular complexity index is 605. The monoisotopic (exact) mass is 368 g/mol. The molecule has 0 fully saturated rings. The second-order valence-electron chi connectivity index (χ2n) is 5.20. The highest BCUT2D eigenvalue weighted by Gasteiger charge is 2.05. The van der Waals surface area contributed by atoms with Crippen LogP contribution >= 0.6 is 27.5 Å². The summed E-state index contributed by atoms with van der Waals surface area (Å²) < 4.78 is 6.66. The van der Waals surface area contributed by atoms with Crippen molar-refractivity contribution in [1.82, 2.24) is 10.3 Å². The molecule has 0 aliphatic heterocycles. The Morgan fingerprint density at radius 3 is 2.81 bits per heavy atom. The van der Waals surface area contributed by atoms with Gasteiger partial charge in [-0.3, -0.25) is 0 Å². The van der Waals surface area contributed by atoms with Crippen molar-refractivity contribution in [3.05, 3.63) is 51.6 Å². The lowest BCUT2D eigenvalue weighted by atomic mass is 10.2. The SMILES string of the molecule is CC(C)CNCc1ccnc(Oc2ccc(Br)cc2Cl)c1. The van der Waals surface area contributed by atoms with Gasteiger partial charge in [0.15, 0.2) is 0 Å². The van der Waals surface area contributed by atoms with Gasteiger partial charge in [0.25, 0.3) is 0 Å². The third kappa shape index (κ3) is 5.30. The number of benzene rings is 1. The molecule has 0 bridgehead atoms. The Kier molecular flexibility index (Phi) is 6.03. The van der Waals surface area contributed by atoms with Gasteiger partial charge in [-0.05, 0) is 42.3 Å². The van der Waals surface area contributed by atoms with Gasteiger partial charge in [-0.15, -0.1) is 0 Å². The van der Waals surface area contributed by atoms with E-state index < -0.39 is 0 Å². The summed E-state index contributed by atoms with van der Waals surface area (Å²) in [5.74, 6) is 1.77. The van der Waals surface area contributed by atoms with E-state index in [1.165, 1.54) is 0 Å². The van der Waals surface area contributed by atoms with Crippen LogP contribution in [0.2, 0.25) is 5.02 Å². The van der Waals surface area contributed by atoms with Crippen LogP contribution in [0.25, 0.3) is 0 Å². The Labute approximate surface area is 138 Å². The predicted molar refractivity (Wildman–Crippen MR) is 90.0 cm³/mol. The van der Waals surface area contributed by atoms with E-state index in [9.17, 15) is 0 Å². The molecular weight excluding hydrogens is 352 g/mol. The molecule has 0 saturated heterocycles. The third-order valence-electron chi connectivity index (χ3n) is 2.79. The maximum Gasteiger partial charge on any atom is 0.219 e. The largest absolute Gasteiger partial charge is 0.437 e. The van der Waals surface area contributed by atoms with Gasteiger partial charge in [-0.2, -0.15) is 0 Å². The summed E-state index contributed by atoms with van der Waals surface area (Å²) >= 11 is 9.51. The lowest BCUT2D eigenvalue weighted by Crippen LogP contribution is -2.18. The van der Waals surface area contributed by atoms with E-state index in [2.05, 4.69) is 40.1 Å². The third-order valence-corrected chi connectivity index (χ3v) is 3.58. The second kappa shape index (κ2) is 7.78. The second-order valence-corrected chi connectivity index (χ2v) is 6.53.